The highest BCUT2D eigenvalue weighted by Crippen LogP contribution is 2.34. The van der Waals surface area contributed by atoms with Gasteiger partial charge in [0.15, 0.2) is 5.78 Å². The van der Waals surface area contributed by atoms with Crippen LogP contribution in [0.15, 0.2) is 87.0 Å². The number of sulfone groups is 1. The highest BCUT2D eigenvalue weighted by molar-refractivity contribution is 7.91. The first-order valence-corrected chi connectivity index (χ1v) is 10.7. The van der Waals surface area contributed by atoms with Gasteiger partial charge in [-0.2, -0.15) is 0 Å². The van der Waals surface area contributed by atoms with Crippen molar-refractivity contribution in [3.63, 3.8) is 0 Å². The Labute approximate surface area is 176 Å². The molecule has 0 saturated carbocycles. The average Bonchev–Trinajstić information content (AvgIpc) is 3.26. The average molecular weight is 431 g/mol. The molecule has 152 valence electrons. The van der Waals surface area contributed by atoms with Gasteiger partial charge in [0.2, 0.25) is 15.7 Å². The Hall–Kier alpha value is -4.11. The summed E-state index contributed by atoms with van der Waals surface area (Å²) in [4.78, 5) is 25.1. The fourth-order valence-electron chi connectivity index (χ4n) is 3.37. The Morgan fingerprint density at radius 2 is 1.55 bits per heavy atom. The molecule has 1 aliphatic rings. The molecule has 1 amide bonds. The van der Waals surface area contributed by atoms with Crippen LogP contribution in [0.25, 0.3) is 11.5 Å². The quantitative estimate of drug-likeness (QED) is 0.465. The molecule has 2 heterocycles. The minimum Gasteiger partial charge on any atom is -0.403 e. The van der Waals surface area contributed by atoms with Crippen LogP contribution in [0, 0.1) is 0 Å². The Bertz CT molecular complexity index is 1460. The van der Waals surface area contributed by atoms with E-state index in [0.29, 0.717) is 5.56 Å². The molecule has 1 aromatic heterocycles. The largest absolute Gasteiger partial charge is 0.403 e. The fourth-order valence-corrected chi connectivity index (χ4v) is 5.04. The Kier molecular flexibility index (Phi) is 4.26. The molecule has 0 fully saturated rings. The lowest BCUT2D eigenvalue weighted by atomic mass is 10.0. The summed E-state index contributed by atoms with van der Waals surface area (Å²) in [5.74, 6) is -0.824. The van der Waals surface area contributed by atoms with Gasteiger partial charge in [-0.25, -0.2) is 8.42 Å². The topological polar surface area (TPSA) is 119 Å². The third kappa shape index (κ3) is 3.11. The maximum absolute atomic E-state index is 13.0. The second-order valence-corrected chi connectivity index (χ2v) is 8.66. The van der Waals surface area contributed by atoms with Crippen LogP contribution in [0.4, 0.5) is 6.01 Å². The van der Waals surface area contributed by atoms with Crippen molar-refractivity contribution in [1.82, 2.24) is 10.2 Å². The van der Waals surface area contributed by atoms with Crippen LogP contribution < -0.4 is 5.32 Å². The van der Waals surface area contributed by atoms with Crippen LogP contribution in [0.3, 0.4) is 0 Å². The van der Waals surface area contributed by atoms with Crippen molar-refractivity contribution in [1.29, 1.82) is 0 Å². The summed E-state index contributed by atoms with van der Waals surface area (Å²) >= 11 is 0. The van der Waals surface area contributed by atoms with Crippen molar-refractivity contribution in [3.8, 4) is 11.5 Å². The summed E-state index contributed by atoms with van der Waals surface area (Å²) in [5.41, 5.74) is 0.868. The van der Waals surface area contributed by atoms with E-state index in [1.54, 1.807) is 24.3 Å². The van der Waals surface area contributed by atoms with Crippen LogP contribution in [0.5, 0.6) is 0 Å². The van der Waals surface area contributed by atoms with E-state index in [2.05, 4.69) is 15.5 Å². The van der Waals surface area contributed by atoms with Crippen molar-refractivity contribution in [2.75, 3.05) is 5.32 Å². The zero-order valence-electron chi connectivity index (χ0n) is 15.8. The standard InChI is InChI=1S/C22H13N3O5S/c26-19-15-8-4-5-9-17(15)31(28,29)18-12-14(10-11-16(18)19)20(27)23-22-25-24-21(30-22)13-6-2-1-3-7-13/h1-12H,(H,23,25,27). The zero-order chi connectivity index (χ0) is 21.6. The molecule has 0 saturated heterocycles. The number of benzene rings is 3. The predicted molar refractivity (Wildman–Crippen MR) is 109 cm³/mol. The lowest BCUT2D eigenvalue weighted by Gasteiger charge is -2.19. The molecule has 0 atom stereocenters. The number of fused-ring (bicyclic) bond motifs is 2. The van der Waals surface area contributed by atoms with E-state index in [4.69, 9.17) is 4.42 Å². The van der Waals surface area contributed by atoms with E-state index in [0.717, 1.165) is 0 Å². The van der Waals surface area contributed by atoms with Crippen LogP contribution in [-0.2, 0) is 9.84 Å². The molecular weight excluding hydrogens is 418 g/mol. The highest BCUT2D eigenvalue weighted by Gasteiger charge is 2.35. The third-order valence-electron chi connectivity index (χ3n) is 4.87. The smallest absolute Gasteiger partial charge is 0.322 e. The maximum atomic E-state index is 13.0. The Morgan fingerprint density at radius 3 is 2.35 bits per heavy atom. The number of nitrogens with zero attached hydrogens (tertiary/aromatic N) is 2. The van der Waals surface area contributed by atoms with Gasteiger partial charge >= 0.3 is 6.01 Å². The number of nitrogens with one attached hydrogen (secondary N) is 1. The second kappa shape index (κ2) is 6.99. The summed E-state index contributed by atoms with van der Waals surface area (Å²) in [5, 5.41) is 10.1. The molecule has 31 heavy (non-hydrogen) atoms. The molecule has 5 rings (SSSR count). The highest BCUT2D eigenvalue weighted by atomic mass is 32.2. The van der Waals surface area contributed by atoms with Crippen molar-refractivity contribution >= 4 is 27.5 Å². The number of anilines is 1. The van der Waals surface area contributed by atoms with Gasteiger partial charge in [0.25, 0.3) is 5.91 Å². The van der Waals surface area contributed by atoms with Gasteiger partial charge in [-0.05, 0) is 42.5 Å². The number of aromatic nitrogens is 2. The molecule has 0 bridgehead atoms. The summed E-state index contributed by atoms with van der Waals surface area (Å²) in [6.07, 6.45) is 0. The van der Waals surface area contributed by atoms with Gasteiger partial charge in [-0.1, -0.05) is 35.4 Å². The second-order valence-electron chi connectivity index (χ2n) is 6.77. The number of amides is 1. The van der Waals surface area contributed by atoms with Crippen LogP contribution >= 0.6 is 0 Å². The number of ketones is 1. The molecule has 1 aliphatic heterocycles. The van der Waals surface area contributed by atoms with Gasteiger partial charge in [0.05, 0.1) is 9.79 Å². The molecule has 0 radical (unpaired) electrons. The number of carbonyl (C=O) groups excluding carboxylic acids is 2. The summed E-state index contributed by atoms with van der Waals surface area (Å²) < 4.78 is 31.5. The zero-order valence-corrected chi connectivity index (χ0v) is 16.6. The van der Waals surface area contributed by atoms with Crippen LogP contribution in [0.1, 0.15) is 26.3 Å². The molecule has 9 heteroatoms. The van der Waals surface area contributed by atoms with E-state index in [1.807, 2.05) is 18.2 Å². The monoisotopic (exact) mass is 431 g/mol. The van der Waals surface area contributed by atoms with E-state index >= 15 is 0 Å². The van der Waals surface area contributed by atoms with E-state index in [-0.39, 0.29) is 38.4 Å². The normalized spacial score (nSPS) is 13.9. The molecule has 4 aromatic rings. The fraction of sp³-hybridized carbons (Fsp3) is 0. The molecule has 0 aliphatic carbocycles. The maximum Gasteiger partial charge on any atom is 0.322 e. The number of hydrogen-bond acceptors (Lipinski definition) is 7. The minimum atomic E-state index is -3.95. The molecular formula is C22H13N3O5S. The van der Waals surface area contributed by atoms with Crippen LogP contribution in [0.2, 0.25) is 0 Å². The first-order valence-electron chi connectivity index (χ1n) is 9.18. The van der Waals surface area contributed by atoms with Crippen molar-refractivity contribution in [2.45, 2.75) is 9.79 Å². The summed E-state index contributed by atoms with van der Waals surface area (Å²) in [7, 11) is -3.95. The molecule has 0 unspecified atom stereocenters. The lowest BCUT2D eigenvalue weighted by molar-refractivity contribution is 0.101. The van der Waals surface area contributed by atoms with E-state index in [1.165, 1.54) is 30.3 Å². The first-order chi connectivity index (χ1) is 14.9. The minimum absolute atomic E-state index is 0.0272. The Morgan fingerprint density at radius 1 is 0.839 bits per heavy atom. The van der Waals surface area contributed by atoms with Gasteiger partial charge in [0, 0.05) is 22.3 Å². The van der Waals surface area contributed by atoms with Crippen molar-refractivity contribution < 1.29 is 22.4 Å². The number of rotatable bonds is 3. The number of carbonyl (C=O) groups is 2. The summed E-state index contributed by atoms with van der Waals surface area (Å²) in [6.45, 7) is 0. The Balaban J connectivity index is 1.46. The molecule has 0 spiro atoms. The van der Waals surface area contributed by atoms with Crippen LogP contribution in [-0.4, -0.2) is 30.3 Å². The van der Waals surface area contributed by atoms with Crippen molar-refractivity contribution in [3.05, 3.63) is 89.5 Å². The lowest BCUT2D eigenvalue weighted by Crippen LogP contribution is -2.21. The van der Waals surface area contributed by atoms with E-state index in [9.17, 15) is 18.0 Å². The van der Waals surface area contributed by atoms with Gasteiger partial charge in [-0.3, -0.25) is 14.9 Å². The van der Waals surface area contributed by atoms with Crippen molar-refractivity contribution in [2.24, 2.45) is 0 Å². The van der Waals surface area contributed by atoms with Gasteiger partial charge in [-0.15, -0.1) is 5.10 Å². The van der Waals surface area contributed by atoms with Gasteiger partial charge in [0.1, 0.15) is 0 Å². The summed E-state index contributed by atoms with van der Waals surface area (Å²) in [6, 6.07) is 18.8. The molecule has 1 N–H and O–H groups in total. The number of hydrogen-bond donors (Lipinski definition) is 1. The molecule has 8 nitrogen and oxygen atoms in total. The SMILES string of the molecule is O=C(Nc1nnc(-c2ccccc2)o1)c1ccc2c(c1)S(=O)(=O)c1ccccc1C2=O. The van der Waals surface area contributed by atoms with E-state index < -0.39 is 21.5 Å². The predicted octanol–water partition coefficient (Wildman–Crippen LogP) is 3.37. The molecule has 3 aromatic carbocycles. The van der Waals surface area contributed by atoms with Gasteiger partial charge < -0.3 is 4.42 Å². The first kappa shape index (κ1) is 18.9. The third-order valence-corrected chi connectivity index (χ3v) is 6.72.